The zero-order valence-corrected chi connectivity index (χ0v) is 30.5. The molecule has 0 saturated heterocycles. The van der Waals surface area contributed by atoms with Crippen LogP contribution >= 0.6 is 0 Å². The Kier molecular flexibility index (Phi) is 10.6. The van der Waals surface area contributed by atoms with Gasteiger partial charge in [-0.1, -0.05) is 25.1 Å². The van der Waals surface area contributed by atoms with Gasteiger partial charge in [0.05, 0.1) is 42.2 Å². The Morgan fingerprint density at radius 1 is 0.556 bits per heavy atom. The third-order valence-electron chi connectivity index (χ3n) is 8.81. The van der Waals surface area contributed by atoms with Crippen molar-refractivity contribution in [1.82, 2.24) is 0 Å². The Balaban J connectivity index is 0.992. The van der Waals surface area contributed by atoms with Crippen LogP contribution in [-0.2, 0) is 0 Å². The van der Waals surface area contributed by atoms with E-state index in [2.05, 4.69) is 49.0 Å². The molecule has 0 heterocycles. The van der Waals surface area contributed by atoms with Gasteiger partial charge in [-0.05, 0) is 151 Å². The number of hydrogen-bond donors (Lipinski definition) is 2. The van der Waals surface area contributed by atoms with Crippen LogP contribution in [0.3, 0.4) is 0 Å². The Morgan fingerprint density at radius 3 is 1.78 bits per heavy atom. The van der Waals surface area contributed by atoms with Crippen LogP contribution in [0.15, 0.2) is 158 Å². The molecule has 0 aliphatic rings. The summed E-state index contributed by atoms with van der Waals surface area (Å²) in [4.78, 5) is 0. The summed E-state index contributed by atoms with van der Waals surface area (Å²) in [5.41, 5.74) is 7.59. The maximum absolute atomic E-state index is 11.0. The van der Waals surface area contributed by atoms with Gasteiger partial charge in [0.1, 0.15) is 17.2 Å². The van der Waals surface area contributed by atoms with E-state index in [4.69, 9.17) is 9.47 Å². The van der Waals surface area contributed by atoms with E-state index in [1.165, 1.54) is 0 Å². The molecule has 0 spiro atoms. The summed E-state index contributed by atoms with van der Waals surface area (Å²) in [6, 6.07) is 40.4. The minimum Gasteiger partial charge on any atom is -0.505 e. The van der Waals surface area contributed by atoms with Gasteiger partial charge < -0.3 is 19.9 Å². The largest absolute Gasteiger partial charge is 0.505 e. The van der Waals surface area contributed by atoms with Crippen LogP contribution in [0.1, 0.15) is 24.5 Å². The van der Waals surface area contributed by atoms with Gasteiger partial charge in [-0.15, -0.1) is 5.11 Å². The summed E-state index contributed by atoms with van der Waals surface area (Å²) >= 11 is 0. The molecular formula is C44H39N7O3. The van der Waals surface area contributed by atoms with Crippen molar-refractivity contribution in [2.45, 2.75) is 27.2 Å². The first kappa shape index (κ1) is 35.5. The highest BCUT2D eigenvalue weighted by Crippen LogP contribution is 2.38. The van der Waals surface area contributed by atoms with Crippen LogP contribution in [0, 0.1) is 13.8 Å². The number of aromatic hydroxyl groups is 1. The topological polar surface area (TPSA) is 125 Å². The molecule has 0 saturated carbocycles. The Hall–Kier alpha value is -6.94. The van der Waals surface area contributed by atoms with E-state index < -0.39 is 0 Å². The third-order valence-corrected chi connectivity index (χ3v) is 8.81. The van der Waals surface area contributed by atoms with Gasteiger partial charge in [-0.25, -0.2) is 0 Å². The molecule has 0 fully saturated rings. The molecule has 0 radical (unpaired) electrons. The van der Waals surface area contributed by atoms with E-state index in [-0.39, 0.29) is 5.75 Å². The van der Waals surface area contributed by atoms with Crippen LogP contribution in [0.25, 0.3) is 21.5 Å². The number of phenols is 1. The summed E-state index contributed by atoms with van der Waals surface area (Å²) in [6.07, 6.45) is 0.957. The summed E-state index contributed by atoms with van der Waals surface area (Å²) in [6.45, 7) is 6.70. The van der Waals surface area contributed by atoms with E-state index in [0.717, 1.165) is 68.0 Å². The Labute approximate surface area is 313 Å². The molecule has 7 rings (SSSR count). The SMILES string of the molecule is CCCOc1cccc2cc(N=Nc3ccc(N=Nc4ccc(N=Nc5ccc6cc(Nc7ccc(OC)cc7)ccc6c5O)cc4C)cc3C)ccc12. The Morgan fingerprint density at radius 2 is 1.13 bits per heavy atom. The lowest BCUT2D eigenvalue weighted by Gasteiger charge is -2.10. The summed E-state index contributed by atoms with van der Waals surface area (Å²) in [7, 11) is 1.64. The van der Waals surface area contributed by atoms with Gasteiger partial charge in [0.15, 0.2) is 5.75 Å². The predicted molar refractivity (Wildman–Crippen MR) is 217 cm³/mol. The first-order chi connectivity index (χ1) is 26.4. The first-order valence-corrected chi connectivity index (χ1v) is 17.7. The number of rotatable bonds is 12. The molecule has 0 aliphatic carbocycles. The van der Waals surface area contributed by atoms with Crippen molar-refractivity contribution in [3.05, 3.63) is 139 Å². The van der Waals surface area contributed by atoms with Gasteiger partial charge in [-0.3, -0.25) is 0 Å². The van der Waals surface area contributed by atoms with Crippen LogP contribution in [-0.4, -0.2) is 18.8 Å². The smallest absolute Gasteiger partial charge is 0.150 e. The fraction of sp³-hybridized carbons (Fsp3) is 0.136. The molecule has 10 nitrogen and oxygen atoms in total. The normalized spacial score (nSPS) is 11.7. The molecule has 54 heavy (non-hydrogen) atoms. The minimum absolute atomic E-state index is 0.0673. The van der Waals surface area contributed by atoms with Crippen molar-refractivity contribution in [2.24, 2.45) is 30.7 Å². The lowest BCUT2D eigenvalue weighted by atomic mass is 10.1. The molecule has 10 heteroatoms. The van der Waals surface area contributed by atoms with Crippen molar-refractivity contribution >= 4 is 67.0 Å². The van der Waals surface area contributed by atoms with E-state index in [1.807, 2.05) is 129 Å². The van der Waals surface area contributed by atoms with Crippen molar-refractivity contribution in [2.75, 3.05) is 19.0 Å². The fourth-order valence-electron chi connectivity index (χ4n) is 5.91. The van der Waals surface area contributed by atoms with Crippen molar-refractivity contribution in [3.8, 4) is 17.2 Å². The summed E-state index contributed by atoms with van der Waals surface area (Å²) in [5.74, 6) is 1.74. The molecule has 0 aromatic heterocycles. The third kappa shape index (κ3) is 8.24. The number of nitrogens with zero attached hydrogens (tertiary/aromatic N) is 6. The molecule has 268 valence electrons. The molecule has 0 aliphatic heterocycles. The number of hydrogen-bond acceptors (Lipinski definition) is 10. The van der Waals surface area contributed by atoms with Crippen molar-refractivity contribution in [1.29, 1.82) is 0 Å². The monoisotopic (exact) mass is 713 g/mol. The number of phenolic OH excluding ortho intramolecular Hbond substituents is 1. The van der Waals surface area contributed by atoms with Crippen LogP contribution in [0.2, 0.25) is 0 Å². The van der Waals surface area contributed by atoms with Crippen LogP contribution in [0.5, 0.6) is 17.2 Å². The number of methoxy groups -OCH3 is 1. The quantitative estimate of drug-likeness (QED) is 0.122. The fourth-order valence-corrected chi connectivity index (χ4v) is 5.91. The lowest BCUT2D eigenvalue weighted by molar-refractivity contribution is 0.321. The first-order valence-electron chi connectivity index (χ1n) is 17.7. The number of ether oxygens (including phenoxy) is 2. The molecule has 0 atom stereocenters. The maximum atomic E-state index is 11.0. The minimum atomic E-state index is 0.0673. The molecule has 7 aromatic rings. The van der Waals surface area contributed by atoms with Gasteiger partial charge in [0.25, 0.3) is 0 Å². The average molecular weight is 714 g/mol. The summed E-state index contributed by atoms with van der Waals surface area (Å²) in [5, 5.41) is 44.7. The average Bonchev–Trinajstić information content (AvgIpc) is 3.19. The molecule has 0 amide bonds. The van der Waals surface area contributed by atoms with Crippen molar-refractivity contribution in [3.63, 3.8) is 0 Å². The number of nitrogens with one attached hydrogen (secondary N) is 1. The summed E-state index contributed by atoms with van der Waals surface area (Å²) < 4.78 is 11.1. The second kappa shape index (κ2) is 16.2. The standard InChI is InChI=1S/C44H39N7O3/c1-5-23-54-43-8-6-7-30-27-36(13-18-38(30)43)48-50-41-21-14-34(24-28(41)2)46-49-40-22-15-35(25-29(40)3)47-51-42-20-9-31-26-33(12-19-39(31)44(42)52)45-32-10-16-37(53-4)17-11-32/h6-22,24-27,45,52H,5,23H2,1-4H3. The number of anilines is 2. The Bertz CT molecular complexity index is 2550. The second-order valence-corrected chi connectivity index (χ2v) is 12.8. The molecule has 7 aromatic carbocycles. The lowest BCUT2D eigenvalue weighted by Crippen LogP contribution is -1.95. The number of benzene rings is 7. The molecule has 0 unspecified atom stereocenters. The predicted octanol–water partition coefficient (Wildman–Crippen LogP) is 14.1. The van der Waals surface area contributed by atoms with E-state index in [1.54, 1.807) is 13.2 Å². The van der Waals surface area contributed by atoms with Gasteiger partial charge in [0, 0.05) is 22.1 Å². The van der Waals surface area contributed by atoms with Crippen LogP contribution < -0.4 is 14.8 Å². The number of azo groups is 3. The molecule has 2 N–H and O–H groups in total. The van der Waals surface area contributed by atoms with E-state index in [0.29, 0.717) is 34.7 Å². The highest BCUT2D eigenvalue weighted by molar-refractivity contribution is 5.95. The number of fused-ring (bicyclic) bond motifs is 2. The maximum Gasteiger partial charge on any atom is 0.150 e. The van der Waals surface area contributed by atoms with Gasteiger partial charge >= 0.3 is 0 Å². The highest BCUT2D eigenvalue weighted by atomic mass is 16.5. The number of aryl methyl sites for hydroxylation is 2. The van der Waals surface area contributed by atoms with Gasteiger partial charge in [-0.2, -0.15) is 25.6 Å². The molecule has 0 bridgehead atoms. The molecular weight excluding hydrogens is 675 g/mol. The zero-order valence-electron chi connectivity index (χ0n) is 30.5. The van der Waals surface area contributed by atoms with Crippen LogP contribution in [0.4, 0.5) is 45.5 Å². The second-order valence-electron chi connectivity index (χ2n) is 12.8. The highest BCUT2D eigenvalue weighted by Gasteiger charge is 2.09. The van der Waals surface area contributed by atoms with E-state index in [9.17, 15) is 5.11 Å². The zero-order chi connectivity index (χ0) is 37.4. The van der Waals surface area contributed by atoms with Crippen molar-refractivity contribution < 1.29 is 14.6 Å². The van der Waals surface area contributed by atoms with Gasteiger partial charge in [0.2, 0.25) is 0 Å². The van der Waals surface area contributed by atoms with E-state index >= 15 is 0 Å².